The summed E-state index contributed by atoms with van der Waals surface area (Å²) >= 11 is 0. The van der Waals surface area contributed by atoms with Crippen molar-refractivity contribution in [1.29, 1.82) is 0 Å². The Kier molecular flexibility index (Phi) is 25.6. The second kappa shape index (κ2) is 27.8. The van der Waals surface area contributed by atoms with Crippen LogP contribution in [0.4, 0.5) is 0 Å². The second-order valence-electron chi connectivity index (χ2n) is 16.4. The average molecular weight is 819 g/mol. The molecule has 2 rings (SSSR count). The van der Waals surface area contributed by atoms with Gasteiger partial charge in [0.1, 0.15) is 6.10 Å². The lowest BCUT2D eigenvalue weighted by Gasteiger charge is -2.33. The van der Waals surface area contributed by atoms with Crippen LogP contribution >= 0.6 is 0 Å². The van der Waals surface area contributed by atoms with E-state index < -0.39 is 36.1 Å². The van der Waals surface area contributed by atoms with E-state index in [0.717, 1.165) is 22.3 Å². The summed E-state index contributed by atoms with van der Waals surface area (Å²) in [6.45, 7) is 28.3. The number of carboxylic acid groups (broad SMARTS) is 1. The van der Waals surface area contributed by atoms with Crippen molar-refractivity contribution in [3.05, 3.63) is 117 Å². The first-order valence-corrected chi connectivity index (χ1v) is 20.7. The Labute approximate surface area is 355 Å². The molecule has 0 unspecified atom stereocenters. The lowest BCUT2D eigenvalue weighted by Crippen LogP contribution is -2.25. The number of carboxylic acids is 1. The monoisotopic (exact) mass is 819 g/mol. The molecule has 0 saturated heterocycles. The van der Waals surface area contributed by atoms with Gasteiger partial charge in [-0.2, -0.15) is 0 Å². The number of hydrogen-bond acceptors (Lipinski definition) is 8. The van der Waals surface area contributed by atoms with Crippen molar-refractivity contribution >= 4 is 23.9 Å². The molecule has 0 aliphatic heterocycles. The minimum atomic E-state index is -0.991. The van der Waals surface area contributed by atoms with Gasteiger partial charge in [-0.25, -0.2) is 19.2 Å². The number of rotatable bonds is 15. The van der Waals surface area contributed by atoms with Crippen molar-refractivity contribution in [2.24, 2.45) is 10.8 Å². The van der Waals surface area contributed by atoms with Crippen molar-refractivity contribution in [1.82, 2.24) is 0 Å². The SMILES string of the molecule is CC1=C(/C=C/C(C)=C/C=C/C(C)=C/C(=O)O)C(C)(C)CCC1.CCOC(=O)[C@H](C)O.CCOC(=O)[C@H](C)OC(=O)/C=C(C)/C=C/C=C(C)/C=C/C1=C(C)CCCC1(C)C. The summed E-state index contributed by atoms with van der Waals surface area (Å²) in [5.74, 6) is -2.58. The number of esters is 3. The van der Waals surface area contributed by atoms with Crippen LogP contribution in [0.2, 0.25) is 0 Å². The van der Waals surface area contributed by atoms with Crippen LogP contribution < -0.4 is 0 Å². The highest BCUT2D eigenvalue weighted by Crippen LogP contribution is 2.41. The molecule has 328 valence electrons. The quantitative estimate of drug-likeness (QED) is 0.0716. The van der Waals surface area contributed by atoms with Gasteiger partial charge in [0.2, 0.25) is 0 Å². The maximum atomic E-state index is 11.9. The van der Waals surface area contributed by atoms with Gasteiger partial charge >= 0.3 is 23.9 Å². The Bertz CT molecular complexity index is 1730. The maximum Gasteiger partial charge on any atom is 0.347 e. The Balaban J connectivity index is 0.000000985. The van der Waals surface area contributed by atoms with E-state index in [1.807, 2.05) is 37.3 Å². The first-order valence-electron chi connectivity index (χ1n) is 20.7. The van der Waals surface area contributed by atoms with Gasteiger partial charge in [-0.3, -0.25) is 0 Å². The topological polar surface area (TPSA) is 136 Å². The predicted molar refractivity (Wildman–Crippen MR) is 240 cm³/mol. The fourth-order valence-electron chi connectivity index (χ4n) is 6.52. The van der Waals surface area contributed by atoms with Crippen LogP contribution in [0, 0.1) is 10.8 Å². The zero-order chi connectivity index (χ0) is 45.3. The molecule has 9 heteroatoms. The van der Waals surface area contributed by atoms with Gasteiger partial charge in [0.05, 0.1) is 13.2 Å². The van der Waals surface area contributed by atoms with Gasteiger partial charge in [-0.15, -0.1) is 0 Å². The smallest absolute Gasteiger partial charge is 0.347 e. The number of carbonyl (C=O) groups excluding carboxylic acids is 3. The van der Waals surface area contributed by atoms with Crippen LogP contribution in [-0.4, -0.2) is 59.5 Å². The number of carbonyl (C=O) groups is 4. The number of aliphatic hydroxyl groups excluding tert-OH is 1. The minimum Gasteiger partial charge on any atom is -0.478 e. The van der Waals surface area contributed by atoms with E-state index in [-0.39, 0.29) is 17.4 Å². The molecule has 59 heavy (non-hydrogen) atoms. The summed E-state index contributed by atoms with van der Waals surface area (Å²) in [6.07, 6.45) is 28.3. The lowest BCUT2D eigenvalue weighted by molar-refractivity contribution is -0.163. The number of hydrogen-bond donors (Lipinski definition) is 2. The normalized spacial score (nSPS) is 18.6. The minimum absolute atomic E-state index is 0.231. The van der Waals surface area contributed by atoms with Crippen molar-refractivity contribution in [2.75, 3.05) is 13.2 Å². The fraction of sp³-hybridized carbons (Fsp3) is 0.520. The molecule has 2 aliphatic rings. The summed E-state index contributed by atoms with van der Waals surface area (Å²) in [7, 11) is 0. The molecule has 9 nitrogen and oxygen atoms in total. The maximum absolute atomic E-state index is 11.9. The van der Waals surface area contributed by atoms with Crippen molar-refractivity contribution in [3.8, 4) is 0 Å². The Morgan fingerprint density at radius 1 is 0.661 bits per heavy atom. The summed E-state index contributed by atoms with van der Waals surface area (Å²) in [4.78, 5) is 44.2. The Morgan fingerprint density at radius 3 is 1.42 bits per heavy atom. The second-order valence-corrected chi connectivity index (χ2v) is 16.4. The third kappa shape index (κ3) is 23.4. The van der Waals surface area contributed by atoms with E-state index in [1.165, 1.54) is 86.8 Å². The summed E-state index contributed by atoms with van der Waals surface area (Å²) in [5.41, 5.74) is 10.1. The van der Waals surface area contributed by atoms with Crippen molar-refractivity contribution in [2.45, 2.75) is 148 Å². The zero-order valence-corrected chi connectivity index (χ0v) is 38.5. The fourth-order valence-corrected chi connectivity index (χ4v) is 6.52. The molecular formula is C50H74O9. The molecule has 0 radical (unpaired) electrons. The third-order valence-corrected chi connectivity index (χ3v) is 9.78. The molecule has 0 fully saturated rings. The van der Waals surface area contributed by atoms with Crippen LogP contribution in [0.15, 0.2) is 117 Å². The van der Waals surface area contributed by atoms with Crippen molar-refractivity contribution < 1.29 is 43.6 Å². The van der Waals surface area contributed by atoms with Gasteiger partial charge in [0.15, 0.2) is 6.10 Å². The molecule has 0 spiro atoms. The highest BCUT2D eigenvalue weighted by atomic mass is 16.6. The molecule has 2 atom stereocenters. The largest absolute Gasteiger partial charge is 0.478 e. The Hall–Kier alpha value is -4.76. The third-order valence-electron chi connectivity index (χ3n) is 9.78. The zero-order valence-electron chi connectivity index (χ0n) is 38.5. The predicted octanol–water partition coefficient (Wildman–Crippen LogP) is 11.5. The van der Waals surface area contributed by atoms with Gasteiger partial charge in [0, 0.05) is 12.2 Å². The van der Waals surface area contributed by atoms with Crippen LogP contribution in [0.25, 0.3) is 0 Å². The summed E-state index contributed by atoms with van der Waals surface area (Å²) in [5, 5.41) is 17.1. The first-order chi connectivity index (χ1) is 27.5. The number of allylic oxidation sites excluding steroid dienone is 18. The van der Waals surface area contributed by atoms with Gasteiger partial charge in [-0.1, -0.05) is 111 Å². The standard InChI is InChI=1S/C25H36O4.C20H28O2.C5H10O3/c1-8-28-24(27)21(5)29-23(26)17-19(3)12-9-11-18(2)14-15-22-20(4)13-10-16-25(22,6)7;1-15(8-6-9-16(2)14-19(21)22)11-12-18-17(3)10-7-13-20(18,4)5;1-3-8-5(7)4(2)6/h9,11-12,14-15,17,21H,8,10,13,16H2,1-7H3;6,8-9,11-12,14H,7,10,13H2,1-5H3,(H,21,22);4,6H,3H2,1-2H3/b12-9+,15-14+,18-11+,19-17+;9-6+,12-11+,15-8+,16-14+;/t21-;;4-/m0.0/s1. The first kappa shape index (κ1) is 54.2. The van der Waals surface area contributed by atoms with Gasteiger partial charge < -0.3 is 24.4 Å². The van der Waals surface area contributed by atoms with E-state index in [0.29, 0.717) is 6.61 Å². The molecule has 0 saturated carbocycles. The van der Waals surface area contributed by atoms with Crippen LogP contribution in [-0.2, 0) is 33.4 Å². The molecule has 0 bridgehead atoms. The van der Waals surface area contributed by atoms with E-state index >= 15 is 0 Å². The molecule has 2 N–H and O–H groups in total. The van der Waals surface area contributed by atoms with Crippen LogP contribution in [0.3, 0.4) is 0 Å². The Morgan fingerprint density at radius 2 is 1.07 bits per heavy atom. The highest BCUT2D eigenvalue weighted by Gasteiger charge is 2.27. The highest BCUT2D eigenvalue weighted by molar-refractivity contribution is 5.86. The lowest BCUT2D eigenvalue weighted by atomic mass is 9.72. The van der Waals surface area contributed by atoms with Crippen molar-refractivity contribution in [3.63, 3.8) is 0 Å². The molecule has 0 heterocycles. The molecular weight excluding hydrogens is 745 g/mol. The number of ether oxygens (including phenoxy) is 3. The van der Waals surface area contributed by atoms with Crippen LogP contribution in [0.1, 0.15) is 135 Å². The van der Waals surface area contributed by atoms with Gasteiger partial charge in [0.25, 0.3) is 0 Å². The number of aliphatic hydroxyl groups is 1. The number of aliphatic carboxylic acids is 1. The van der Waals surface area contributed by atoms with E-state index in [2.05, 4.69) is 84.4 Å². The van der Waals surface area contributed by atoms with E-state index in [9.17, 15) is 19.2 Å². The van der Waals surface area contributed by atoms with E-state index in [4.69, 9.17) is 19.7 Å². The average Bonchev–Trinajstić information content (AvgIpc) is 3.11. The molecule has 0 aromatic rings. The molecule has 0 aromatic carbocycles. The van der Waals surface area contributed by atoms with Crippen LogP contribution in [0.5, 0.6) is 0 Å². The molecule has 0 aromatic heterocycles. The molecule has 0 amide bonds. The molecule has 2 aliphatic carbocycles. The van der Waals surface area contributed by atoms with E-state index in [1.54, 1.807) is 26.8 Å². The van der Waals surface area contributed by atoms with Gasteiger partial charge in [-0.05, 0) is 141 Å². The summed E-state index contributed by atoms with van der Waals surface area (Å²) < 4.78 is 14.3. The summed E-state index contributed by atoms with van der Waals surface area (Å²) in [6, 6.07) is 0.